The van der Waals surface area contributed by atoms with Crippen molar-refractivity contribution in [2.45, 2.75) is 39.3 Å². The van der Waals surface area contributed by atoms with Gasteiger partial charge in [0.1, 0.15) is 0 Å². The third-order valence-corrected chi connectivity index (χ3v) is 4.53. The van der Waals surface area contributed by atoms with Crippen LogP contribution in [0.2, 0.25) is 0 Å². The van der Waals surface area contributed by atoms with Gasteiger partial charge in [-0.1, -0.05) is 43.7 Å². The highest BCUT2D eigenvalue weighted by Gasteiger charge is 2.31. The standard InChI is InChI=1S/C21H20F3NO/c1-3-4-11-19-20(15-8-7-9-16(13-15)21(22,23)24)17-10-5-6-12-18(17)25(19)14(2)26/h5-10,12-13H,3-4,11H2,1-2H3. The molecule has 2 nitrogen and oxygen atoms in total. The molecule has 3 aromatic rings. The largest absolute Gasteiger partial charge is 0.416 e. The van der Waals surface area contributed by atoms with Crippen LogP contribution in [-0.4, -0.2) is 10.5 Å². The summed E-state index contributed by atoms with van der Waals surface area (Å²) in [5, 5.41) is 0.799. The Morgan fingerprint density at radius 1 is 1.08 bits per heavy atom. The minimum Gasteiger partial charge on any atom is -0.284 e. The van der Waals surface area contributed by atoms with Crippen LogP contribution in [0.1, 0.15) is 42.7 Å². The van der Waals surface area contributed by atoms with Crippen molar-refractivity contribution in [2.75, 3.05) is 0 Å². The molecule has 0 atom stereocenters. The van der Waals surface area contributed by atoms with Crippen molar-refractivity contribution in [3.8, 4) is 11.1 Å². The molecule has 0 aliphatic carbocycles. The van der Waals surface area contributed by atoms with Gasteiger partial charge >= 0.3 is 6.18 Å². The van der Waals surface area contributed by atoms with Gasteiger partial charge in [0.05, 0.1) is 11.1 Å². The molecule has 26 heavy (non-hydrogen) atoms. The van der Waals surface area contributed by atoms with Crippen LogP contribution in [0.5, 0.6) is 0 Å². The fourth-order valence-corrected chi connectivity index (χ4v) is 3.41. The Labute approximate surface area is 150 Å². The van der Waals surface area contributed by atoms with Crippen molar-refractivity contribution in [1.29, 1.82) is 0 Å². The summed E-state index contributed by atoms with van der Waals surface area (Å²) in [7, 11) is 0. The minimum absolute atomic E-state index is 0.134. The Morgan fingerprint density at radius 2 is 1.81 bits per heavy atom. The highest BCUT2D eigenvalue weighted by atomic mass is 19.4. The maximum Gasteiger partial charge on any atom is 0.416 e. The second-order valence-corrected chi connectivity index (χ2v) is 6.38. The van der Waals surface area contributed by atoms with E-state index < -0.39 is 11.7 Å². The number of nitrogens with zero attached hydrogens (tertiary/aromatic N) is 1. The first-order chi connectivity index (χ1) is 12.3. The van der Waals surface area contributed by atoms with Gasteiger partial charge in [0.2, 0.25) is 5.91 Å². The lowest BCUT2D eigenvalue weighted by atomic mass is 9.98. The molecule has 5 heteroatoms. The highest BCUT2D eigenvalue weighted by molar-refractivity contribution is 6.03. The SMILES string of the molecule is CCCCc1c(-c2cccc(C(F)(F)F)c2)c2ccccc2n1C(C)=O. The zero-order valence-electron chi connectivity index (χ0n) is 14.7. The lowest BCUT2D eigenvalue weighted by Gasteiger charge is -2.11. The van der Waals surface area contributed by atoms with E-state index in [0.717, 1.165) is 41.1 Å². The maximum absolute atomic E-state index is 13.2. The van der Waals surface area contributed by atoms with Crippen LogP contribution in [0.15, 0.2) is 48.5 Å². The van der Waals surface area contributed by atoms with Crippen molar-refractivity contribution in [1.82, 2.24) is 4.57 Å². The second kappa shape index (κ2) is 6.98. The second-order valence-electron chi connectivity index (χ2n) is 6.38. The van der Waals surface area contributed by atoms with Gasteiger partial charge in [0, 0.05) is 23.6 Å². The zero-order valence-corrected chi connectivity index (χ0v) is 14.7. The van der Waals surface area contributed by atoms with E-state index in [9.17, 15) is 18.0 Å². The predicted octanol–water partition coefficient (Wildman–Crippen LogP) is 6.33. The van der Waals surface area contributed by atoms with Gasteiger partial charge in [0.15, 0.2) is 0 Å². The molecule has 1 heterocycles. The van der Waals surface area contributed by atoms with Gasteiger partial charge in [-0.25, -0.2) is 0 Å². The lowest BCUT2D eigenvalue weighted by molar-refractivity contribution is -0.137. The van der Waals surface area contributed by atoms with Crippen LogP contribution in [-0.2, 0) is 12.6 Å². The van der Waals surface area contributed by atoms with Crippen molar-refractivity contribution in [3.63, 3.8) is 0 Å². The average molecular weight is 359 g/mol. The summed E-state index contributed by atoms with van der Waals surface area (Å²) in [6, 6.07) is 12.7. The van der Waals surface area contributed by atoms with Crippen molar-refractivity contribution >= 4 is 16.8 Å². The lowest BCUT2D eigenvalue weighted by Crippen LogP contribution is -2.10. The summed E-state index contributed by atoms with van der Waals surface area (Å²) in [6.45, 7) is 3.53. The smallest absolute Gasteiger partial charge is 0.284 e. The van der Waals surface area contributed by atoms with Crippen LogP contribution in [0.4, 0.5) is 13.2 Å². The number of aromatic nitrogens is 1. The quantitative estimate of drug-likeness (QED) is 0.533. The molecule has 0 N–H and O–H groups in total. The average Bonchev–Trinajstić information content (AvgIpc) is 2.93. The van der Waals surface area contributed by atoms with E-state index in [2.05, 4.69) is 0 Å². The van der Waals surface area contributed by atoms with Crippen molar-refractivity contribution < 1.29 is 18.0 Å². The Hall–Kier alpha value is -2.56. The molecule has 0 fully saturated rings. The minimum atomic E-state index is -4.40. The zero-order chi connectivity index (χ0) is 18.9. The molecule has 0 amide bonds. The number of fused-ring (bicyclic) bond motifs is 1. The van der Waals surface area contributed by atoms with Crippen molar-refractivity contribution in [2.24, 2.45) is 0 Å². The molecule has 0 aliphatic rings. The number of unbranched alkanes of at least 4 members (excludes halogenated alkanes) is 1. The third-order valence-electron chi connectivity index (χ3n) is 4.53. The molecule has 0 radical (unpaired) electrons. The Kier molecular flexibility index (Phi) is 4.90. The van der Waals surface area contributed by atoms with Crippen LogP contribution in [0.25, 0.3) is 22.0 Å². The summed E-state index contributed by atoms with van der Waals surface area (Å²) in [6.07, 6.45) is -1.98. The highest BCUT2D eigenvalue weighted by Crippen LogP contribution is 2.38. The number of hydrogen-bond donors (Lipinski definition) is 0. The normalized spacial score (nSPS) is 11.9. The van der Waals surface area contributed by atoms with Crippen molar-refractivity contribution in [3.05, 3.63) is 59.8 Å². The Morgan fingerprint density at radius 3 is 2.46 bits per heavy atom. The van der Waals surface area contributed by atoms with Crippen LogP contribution in [0.3, 0.4) is 0 Å². The first-order valence-electron chi connectivity index (χ1n) is 8.65. The van der Waals surface area contributed by atoms with E-state index in [-0.39, 0.29) is 5.91 Å². The molecule has 1 aromatic heterocycles. The van der Waals surface area contributed by atoms with Gasteiger partial charge in [-0.3, -0.25) is 9.36 Å². The summed E-state index contributed by atoms with van der Waals surface area (Å²) in [5.41, 5.74) is 2.03. The molecular formula is C21H20F3NO. The van der Waals surface area contributed by atoms with E-state index in [1.165, 1.54) is 19.1 Å². The van der Waals surface area contributed by atoms with Gasteiger partial charge in [-0.05, 0) is 36.6 Å². The van der Waals surface area contributed by atoms with E-state index in [1.54, 1.807) is 10.6 Å². The number of benzene rings is 2. The van der Waals surface area contributed by atoms with Crippen LogP contribution in [0, 0.1) is 0 Å². The predicted molar refractivity (Wildman–Crippen MR) is 97.3 cm³/mol. The van der Waals surface area contributed by atoms with Crippen LogP contribution < -0.4 is 0 Å². The number of rotatable bonds is 4. The Bertz CT molecular complexity index is 954. The number of alkyl halides is 3. The first kappa shape index (κ1) is 18.2. The van der Waals surface area contributed by atoms with Gasteiger partial charge < -0.3 is 0 Å². The van der Waals surface area contributed by atoms with Gasteiger partial charge in [-0.2, -0.15) is 13.2 Å². The number of para-hydroxylation sites is 1. The molecule has 3 rings (SSSR count). The monoisotopic (exact) mass is 359 g/mol. The molecule has 0 bridgehead atoms. The Balaban J connectivity index is 2.33. The van der Waals surface area contributed by atoms with Crippen LogP contribution >= 0.6 is 0 Å². The summed E-state index contributed by atoms with van der Waals surface area (Å²) >= 11 is 0. The molecule has 0 saturated carbocycles. The molecule has 136 valence electrons. The topological polar surface area (TPSA) is 22.0 Å². The number of hydrogen-bond acceptors (Lipinski definition) is 1. The molecule has 0 saturated heterocycles. The summed E-state index contributed by atoms with van der Waals surface area (Å²) < 4.78 is 41.2. The number of halogens is 3. The van der Waals surface area contributed by atoms with E-state index in [1.807, 2.05) is 31.2 Å². The number of carbonyl (C=O) groups is 1. The number of carbonyl (C=O) groups excluding carboxylic acids is 1. The summed E-state index contributed by atoms with van der Waals surface area (Å²) in [4.78, 5) is 12.3. The first-order valence-corrected chi connectivity index (χ1v) is 8.65. The van der Waals surface area contributed by atoms with E-state index in [4.69, 9.17) is 0 Å². The van der Waals surface area contributed by atoms with Gasteiger partial charge in [0.25, 0.3) is 0 Å². The third kappa shape index (κ3) is 3.26. The molecular weight excluding hydrogens is 339 g/mol. The van der Waals surface area contributed by atoms with E-state index >= 15 is 0 Å². The fourth-order valence-electron chi connectivity index (χ4n) is 3.41. The van der Waals surface area contributed by atoms with Gasteiger partial charge in [-0.15, -0.1) is 0 Å². The maximum atomic E-state index is 13.2. The molecule has 0 aliphatic heterocycles. The molecule has 2 aromatic carbocycles. The fraction of sp³-hybridized carbons (Fsp3) is 0.286. The molecule has 0 spiro atoms. The molecule has 0 unspecified atom stereocenters. The van der Waals surface area contributed by atoms with E-state index in [0.29, 0.717) is 12.0 Å². The summed E-state index contributed by atoms with van der Waals surface area (Å²) in [5.74, 6) is -0.134.